The average Bonchev–Trinajstić information content (AvgIpc) is 2.66. The molecule has 0 atom stereocenters. The van der Waals surface area contributed by atoms with E-state index in [0.717, 1.165) is 10.9 Å². The highest BCUT2D eigenvalue weighted by Gasteiger charge is 2.05. The summed E-state index contributed by atoms with van der Waals surface area (Å²) in [5.74, 6) is -0.439. The van der Waals surface area contributed by atoms with Gasteiger partial charge in [-0.15, -0.1) is 0 Å². The molecule has 1 aromatic carbocycles. The third-order valence-corrected chi connectivity index (χ3v) is 2.06. The second-order valence-corrected chi connectivity index (χ2v) is 3.07. The SMILES string of the molecule is NC(=O)/C=C/c1ccc(O)c2occc12. The zero-order valence-electron chi connectivity index (χ0n) is 7.81. The van der Waals surface area contributed by atoms with Gasteiger partial charge in [0, 0.05) is 11.5 Å². The highest BCUT2D eigenvalue weighted by molar-refractivity contribution is 5.96. The molecule has 1 aromatic heterocycles. The van der Waals surface area contributed by atoms with Crippen LogP contribution < -0.4 is 5.73 Å². The molecule has 0 unspecified atom stereocenters. The van der Waals surface area contributed by atoms with Crippen molar-refractivity contribution in [2.75, 3.05) is 0 Å². The van der Waals surface area contributed by atoms with E-state index in [4.69, 9.17) is 10.2 Å². The first-order valence-corrected chi connectivity index (χ1v) is 4.35. The minimum atomic E-state index is -0.514. The van der Waals surface area contributed by atoms with Gasteiger partial charge in [0.2, 0.25) is 5.91 Å². The highest BCUT2D eigenvalue weighted by atomic mass is 16.3. The van der Waals surface area contributed by atoms with Gasteiger partial charge in [-0.2, -0.15) is 0 Å². The van der Waals surface area contributed by atoms with Crippen LogP contribution in [0, 0.1) is 0 Å². The van der Waals surface area contributed by atoms with Gasteiger partial charge >= 0.3 is 0 Å². The number of primary amides is 1. The van der Waals surface area contributed by atoms with Crippen molar-refractivity contribution in [3.63, 3.8) is 0 Å². The summed E-state index contributed by atoms with van der Waals surface area (Å²) in [6.45, 7) is 0. The van der Waals surface area contributed by atoms with Gasteiger partial charge < -0.3 is 15.3 Å². The van der Waals surface area contributed by atoms with Crippen LogP contribution in [0.2, 0.25) is 0 Å². The number of amides is 1. The van der Waals surface area contributed by atoms with Crippen molar-refractivity contribution < 1.29 is 14.3 Å². The lowest BCUT2D eigenvalue weighted by Gasteiger charge is -1.97. The van der Waals surface area contributed by atoms with Crippen LogP contribution in [0.4, 0.5) is 0 Å². The van der Waals surface area contributed by atoms with E-state index in [-0.39, 0.29) is 5.75 Å². The summed E-state index contributed by atoms with van der Waals surface area (Å²) in [5, 5.41) is 10.2. The largest absolute Gasteiger partial charge is 0.504 e. The fraction of sp³-hybridized carbons (Fsp3) is 0. The van der Waals surface area contributed by atoms with E-state index in [1.807, 2.05) is 0 Å². The number of rotatable bonds is 2. The number of aromatic hydroxyl groups is 1. The first kappa shape index (κ1) is 9.33. The Morgan fingerprint density at radius 2 is 2.20 bits per heavy atom. The number of carbonyl (C=O) groups excluding carboxylic acids is 1. The van der Waals surface area contributed by atoms with Crippen molar-refractivity contribution in [1.82, 2.24) is 0 Å². The fourth-order valence-corrected chi connectivity index (χ4v) is 1.39. The molecule has 0 aliphatic carbocycles. The van der Waals surface area contributed by atoms with Gasteiger partial charge in [-0.1, -0.05) is 6.07 Å². The zero-order valence-corrected chi connectivity index (χ0v) is 7.81. The van der Waals surface area contributed by atoms with Gasteiger partial charge in [-0.3, -0.25) is 4.79 Å². The summed E-state index contributed by atoms with van der Waals surface area (Å²) in [5.41, 5.74) is 6.17. The number of phenols is 1. The number of furan rings is 1. The van der Waals surface area contributed by atoms with Crippen molar-refractivity contribution in [2.24, 2.45) is 5.73 Å². The maximum atomic E-state index is 10.6. The van der Waals surface area contributed by atoms with Crippen LogP contribution in [0.5, 0.6) is 5.75 Å². The van der Waals surface area contributed by atoms with Gasteiger partial charge in [-0.05, 0) is 23.8 Å². The summed E-state index contributed by atoms with van der Waals surface area (Å²) in [7, 11) is 0. The second kappa shape index (κ2) is 3.49. The van der Waals surface area contributed by atoms with E-state index in [1.54, 1.807) is 18.2 Å². The number of hydrogen-bond acceptors (Lipinski definition) is 3. The molecule has 15 heavy (non-hydrogen) atoms. The Balaban J connectivity index is 2.57. The Bertz CT molecular complexity index is 540. The number of benzene rings is 1. The van der Waals surface area contributed by atoms with Crippen molar-refractivity contribution in [2.45, 2.75) is 0 Å². The number of carbonyl (C=O) groups is 1. The minimum Gasteiger partial charge on any atom is -0.504 e. The van der Waals surface area contributed by atoms with E-state index < -0.39 is 5.91 Å². The standard InChI is InChI=1S/C11H9NO3/c12-10(14)4-2-7-1-3-9(13)11-8(7)5-6-15-11/h1-6,13H,(H2,12,14)/b4-2+. The van der Waals surface area contributed by atoms with E-state index in [9.17, 15) is 9.90 Å². The quantitative estimate of drug-likeness (QED) is 0.728. The molecule has 1 amide bonds. The van der Waals surface area contributed by atoms with Crippen LogP contribution in [0.1, 0.15) is 5.56 Å². The van der Waals surface area contributed by atoms with E-state index in [1.165, 1.54) is 18.4 Å². The molecule has 4 heteroatoms. The molecule has 0 fully saturated rings. The summed E-state index contributed by atoms with van der Waals surface area (Å²) in [6.07, 6.45) is 4.32. The van der Waals surface area contributed by atoms with Crippen molar-refractivity contribution >= 4 is 23.0 Å². The maximum Gasteiger partial charge on any atom is 0.241 e. The van der Waals surface area contributed by atoms with Crippen LogP contribution in [0.15, 0.2) is 35.0 Å². The zero-order chi connectivity index (χ0) is 10.8. The lowest BCUT2D eigenvalue weighted by atomic mass is 10.1. The van der Waals surface area contributed by atoms with Crippen LogP contribution in [0.25, 0.3) is 17.0 Å². The molecule has 0 aliphatic rings. The number of phenolic OH excluding ortho intramolecular Hbond substituents is 1. The molecule has 0 bridgehead atoms. The number of fused-ring (bicyclic) bond motifs is 1. The summed E-state index contributed by atoms with van der Waals surface area (Å²) >= 11 is 0. The maximum absolute atomic E-state index is 10.6. The monoisotopic (exact) mass is 203 g/mol. The Morgan fingerprint density at radius 1 is 1.40 bits per heavy atom. The molecule has 0 saturated heterocycles. The minimum absolute atomic E-state index is 0.0752. The van der Waals surface area contributed by atoms with E-state index in [2.05, 4.69) is 0 Å². The van der Waals surface area contributed by atoms with Crippen LogP contribution in [-0.2, 0) is 4.79 Å². The molecule has 0 radical (unpaired) electrons. The molecule has 1 heterocycles. The Kier molecular flexibility index (Phi) is 2.17. The fourth-order valence-electron chi connectivity index (χ4n) is 1.39. The van der Waals surface area contributed by atoms with Crippen molar-refractivity contribution in [1.29, 1.82) is 0 Å². The van der Waals surface area contributed by atoms with Gasteiger partial charge in [0.1, 0.15) is 0 Å². The van der Waals surface area contributed by atoms with Gasteiger partial charge in [-0.25, -0.2) is 0 Å². The Labute approximate surface area is 85.6 Å². The highest BCUT2D eigenvalue weighted by Crippen LogP contribution is 2.29. The number of nitrogens with two attached hydrogens (primary N) is 1. The third-order valence-electron chi connectivity index (χ3n) is 2.06. The molecule has 4 nitrogen and oxygen atoms in total. The lowest BCUT2D eigenvalue weighted by molar-refractivity contribution is -0.113. The Morgan fingerprint density at radius 3 is 2.93 bits per heavy atom. The molecule has 0 aliphatic heterocycles. The normalized spacial score (nSPS) is 11.2. The van der Waals surface area contributed by atoms with Crippen molar-refractivity contribution in [3.05, 3.63) is 36.1 Å². The van der Waals surface area contributed by atoms with Gasteiger partial charge in [0.15, 0.2) is 11.3 Å². The molecule has 2 rings (SSSR count). The van der Waals surface area contributed by atoms with E-state index in [0.29, 0.717) is 5.58 Å². The first-order valence-electron chi connectivity index (χ1n) is 4.35. The second-order valence-electron chi connectivity index (χ2n) is 3.07. The topological polar surface area (TPSA) is 76.5 Å². The van der Waals surface area contributed by atoms with E-state index >= 15 is 0 Å². The first-order chi connectivity index (χ1) is 7.18. The predicted octanol–water partition coefficient (Wildman–Crippen LogP) is 1.64. The van der Waals surface area contributed by atoms with Crippen molar-refractivity contribution in [3.8, 4) is 5.75 Å². The summed E-state index contributed by atoms with van der Waals surface area (Å²) in [6, 6.07) is 4.91. The summed E-state index contributed by atoms with van der Waals surface area (Å²) in [4.78, 5) is 10.6. The molecule has 3 N–H and O–H groups in total. The van der Waals surface area contributed by atoms with Crippen LogP contribution in [0.3, 0.4) is 0 Å². The molecule has 76 valence electrons. The average molecular weight is 203 g/mol. The molecule has 2 aromatic rings. The lowest BCUT2D eigenvalue weighted by Crippen LogP contribution is -2.05. The Hall–Kier alpha value is -2.23. The molecular formula is C11H9NO3. The smallest absolute Gasteiger partial charge is 0.241 e. The molecule has 0 saturated carbocycles. The van der Waals surface area contributed by atoms with Gasteiger partial charge in [0.25, 0.3) is 0 Å². The number of hydrogen-bond donors (Lipinski definition) is 2. The van der Waals surface area contributed by atoms with Crippen LogP contribution >= 0.6 is 0 Å². The van der Waals surface area contributed by atoms with Crippen LogP contribution in [-0.4, -0.2) is 11.0 Å². The van der Waals surface area contributed by atoms with Gasteiger partial charge in [0.05, 0.1) is 6.26 Å². The third kappa shape index (κ3) is 1.69. The molecule has 0 spiro atoms. The predicted molar refractivity (Wildman–Crippen MR) is 56.1 cm³/mol. The molecular weight excluding hydrogens is 194 g/mol. The summed E-state index contributed by atoms with van der Waals surface area (Å²) < 4.78 is 5.10.